The molecule has 1 fully saturated rings. The minimum absolute atomic E-state index is 0.179. The van der Waals surface area contributed by atoms with Gasteiger partial charge in [0.2, 0.25) is 0 Å². The van der Waals surface area contributed by atoms with E-state index in [0.717, 1.165) is 50.1 Å². The lowest BCUT2D eigenvalue weighted by Crippen LogP contribution is -2.49. The Morgan fingerprint density at radius 2 is 1.66 bits per heavy atom. The first kappa shape index (κ1) is 23.4. The predicted molar refractivity (Wildman–Crippen MR) is 125 cm³/mol. The van der Waals surface area contributed by atoms with Crippen molar-refractivity contribution < 1.29 is 22.4 Å². The summed E-state index contributed by atoms with van der Waals surface area (Å²) >= 11 is 0. The molecular weight excluding hydrogens is 460 g/mol. The number of nitrogens with zero attached hydrogens (tertiary/aromatic N) is 4. The maximum atomic E-state index is 13.9. The number of hydrogen-bond acceptors (Lipinski definition) is 3. The molecule has 0 aliphatic carbocycles. The van der Waals surface area contributed by atoms with E-state index in [4.69, 9.17) is 4.98 Å². The summed E-state index contributed by atoms with van der Waals surface area (Å²) < 4.78 is 55.3. The zero-order chi connectivity index (χ0) is 24.6. The number of carbonyl (C=O) groups excluding carboxylic acids is 1. The van der Waals surface area contributed by atoms with Crippen molar-refractivity contribution in [2.24, 2.45) is 0 Å². The molecule has 0 unspecified atom stereocenters. The predicted octanol–water partition coefficient (Wildman–Crippen LogP) is 5.40. The van der Waals surface area contributed by atoms with E-state index in [1.165, 1.54) is 18.2 Å². The molecule has 2 aliphatic rings. The van der Waals surface area contributed by atoms with Crippen molar-refractivity contribution in [2.75, 3.05) is 31.1 Å². The maximum Gasteiger partial charge on any atom is 0.416 e. The number of hydrogen-bond donors (Lipinski definition) is 0. The monoisotopic (exact) mass is 486 g/mol. The number of piperazine rings is 1. The van der Waals surface area contributed by atoms with Gasteiger partial charge in [-0.05, 0) is 49.6 Å². The number of carbonyl (C=O) groups is 1. The van der Waals surface area contributed by atoms with E-state index in [1.807, 2.05) is 9.47 Å². The third-order valence-electron chi connectivity index (χ3n) is 6.76. The van der Waals surface area contributed by atoms with Gasteiger partial charge in [-0.1, -0.05) is 24.6 Å². The van der Waals surface area contributed by atoms with Crippen LogP contribution in [0.15, 0.2) is 48.5 Å². The van der Waals surface area contributed by atoms with Crippen LogP contribution in [0, 0.1) is 5.82 Å². The molecule has 35 heavy (non-hydrogen) atoms. The largest absolute Gasteiger partial charge is 0.416 e. The molecule has 1 amide bonds. The molecule has 0 spiro atoms. The van der Waals surface area contributed by atoms with E-state index in [-0.39, 0.29) is 11.7 Å². The first-order valence-electron chi connectivity index (χ1n) is 11.9. The van der Waals surface area contributed by atoms with E-state index in [2.05, 4.69) is 0 Å². The van der Waals surface area contributed by atoms with Gasteiger partial charge in [0, 0.05) is 44.0 Å². The highest BCUT2D eigenvalue weighted by atomic mass is 19.4. The van der Waals surface area contributed by atoms with Crippen LogP contribution in [-0.4, -0.2) is 46.5 Å². The number of alkyl halides is 3. The Kier molecular flexibility index (Phi) is 6.25. The van der Waals surface area contributed by atoms with Gasteiger partial charge in [-0.25, -0.2) is 9.37 Å². The minimum Gasteiger partial charge on any atom is -0.368 e. The average Bonchev–Trinajstić information content (AvgIpc) is 3.04. The number of imidazole rings is 1. The maximum absolute atomic E-state index is 13.9. The molecule has 9 heteroatoms. The number of aromatic nitrogens is 2. The lowest BCUT2D eigenvalue weighted by Gasteiger charge is -2.36. The summed E-state index contributed by atoms with van der Waals surface area (Å²) in [6, 6.07) is 11.5. The Hall–Kier alpha value is -3.36. The van der Waals surface area contributed by atoms with Gasteiger partial charge in [-0.15, -0.1) is 0 Å². The number of amides is 1. The molecule has 0 radical (unpaired) electrons. The molecule has 3 heterocycles. The quantitative estimate of drug-likeness (QED) is 0.466. The van der Waals surface area contributed by atoms with Gasteiger partial charge in [-0.3, -0.25) is 4.79 Å². The van der Waals surface area contributed by atoms with Gasteiger partial charge < -0.3 is 14.4 Å². The lowest BCUT2D eigenvalue weighted by molar-refractivity contribution is -0.137. The van der Waals surface area contributed by atoms with Crippen molar-refractivity contribution in [3.8, 4) is 11.4 Å². The van der Waals surface area contributed by atoms with Gasteiger partial charge in [0.05, 0.1) is 11.3 Å². The number of halogens is 4. The van der Waals surface area contributed by atoms with Crippen LogP contribution in [0.25, 0.3) is 11.4 Å². The topological polar surface area (TPSA) is 41.4 Å². The van der Waals surface area contributed by atoms with Crippen LogP contribution in [-0.2, 0) is 19.1 Å². The Bertz CT molecular complexity index is 1230. The van der Waals surface area contributed by atoms with Crippen LogP contribution in [0.1, 0.15) is 41.0 Å². The van der Waals surface area contributed by atoms with Gasteiger partial charge in [0.15, 0.2) is 0 Å². The molecule has 0 saturated carbocycles. The summed E-state index contributed by atoms with van der Waals surface area (Å²) in [7, 11) is 0. The highest BCUT2D eigenvalue weighted by molar-refractivity contribution is 5.94. The summed E-state index contributed by atoms with van der Waals surface area (Å²) in [5.74, 6) is 0.0707. The number of rotatable bonds is 3. The normalized spacial score (nSPS) is 16.7. The van der Waals surface area contributed by atoms with Crippen molar-refractivity contribution in [3.05, 3.63) is 71.3 Å². The third-order valence-corrected chi connectivity index (χ3v) is 6.76. The Labute approximate surface area is 201 Å². The van der Waals surface area contributed by atoms with Crippen LogP contribution < -0.4 is 4.90 Å². The first-order valence-corrected chi connectivity index (χ1v) is 11.9. The van der Waals surface area contributed by atoms with Crippen molar-refractivity contribution in [2.45, 2.75) is 38.4 Å². The molecule has 0 atom stereocenters. The van der Waals surface area contributed by atoms with E-state index < -0.39 is 11.7 Å². The second-order valence-corrected chi connectivity index (χ2v) is 9.03. The standard InChI is InChI=1S/C26H26F4N4O/c27-20-8-4-6-18(16-20)24-31-23(22-10-2-1-3-11-34(22)24)25(35)33-14-12-32(13-15-33)21-9-5-7-19(17-21)26(28,29)30/h4-9,16-17H,1-3,10-15H2. The second kappa shape index (κ2) is 9.36. The first-order chi connectivity index (χ1) is 16.8. The van der Waals surface area contributed by atoms with Gasteiger partial charge in [-0.2, -0.15) is 13.2 Å². The van der Waals surface area contributed by atoms with Crippen LogP contribution in [0.5, 0.6) is 0 Å². The molecule has 5 rings (SSSR count). The summed E-state index contributed by atoms with van der Waals surface area (Å²) in [6.07, 6.45) is -0.694. The van der Waals surface area contributed by atoms with E-state index >= 15 is 0 Å². The van der Waals surface area contributed by atoms with E-state index in [9.17, 15) is 22.4 Å². The van der Waals surface area contributed by atoms with Crippen molar-refractivity contribution in [1.29, 1.82) is 0 Å². The van der Waals surface area contributed by atoms with Gasteiger partial charge in [0.1, 0.15) is 17.3 Å². The molecule has 0 N–H and O–H groups in total. The highest BCUT2D eigenvalue weighted by Gasteiger charge is 2.32. The van der Waals surface area contributed by atoms with Crippen molar-refractivity contribution >= 4 is 11.6 Å². The van der Waals surface area contributed by atoms with Crippen LogP contribution in [0.2, 0.25) is 0 Å². The summed E-state index contributed by atoms with van der Waals surface area (Å²) in [5, 5.41) is 0. The van der Waals surface area contributed by atoms with E-state index in [0.29, 0.717) is 48.9 Å². The Morgan fingerprint density at radius 1 is 0.886 bits per heavy atom. The second-order valence-electron chi connectivity index (χ2n) is 9.03. The minimum atomic E-state index is -4.40. The average molecular weight is 487 g/mol. The fourth-order valence-corrected chi connectivity index (χ4v) is 4.94. The summed E-state index contributed by atoms with van der Waals surface area (Å²) in [5.41, 5.74) is 1.74. The molecule has 2 aliphatic heterocycles. The highest BCUT2D eigenvalue weighted by Crippen LogP contribution is 2.32. The van der Waals surface area contributed by atoms with Crippen molar-refractivity contribution in [3.63, 3.8) is 0 Å². The molecule has 1 aromatic heterocycles. The van der Waals surface area contributed by atoms with Crippen LogP contribution in [0.4, 0.5) is 23.2 Å². The number of fused-ring (bicyclic) bond motifs is 1. The molecule has 1 saturated heterocycles. The number of anilines is 1. The Balaban J connectivity index is 1.37. The molecule has 184 valence electrons. The van der Waals surface area contributed by atoms with E-state index in [1.54, 1.807) is 23.1 Å². The zero-order valence-electron chi connectivity index (χ0n) is 19.2. The summed E-state index contributed by atoms with van der Waals surface area (Å²) in [6.45, 7) is 2.36. The zero-order valence-corrected chi connectivity index (χ0v) is 19.2. The van der Waals surface area contributed by atoms with Crippen LogP contribution >= 0.6 is 0 Å². The third kappa shape index (κ3) is 4.76. The Morgan fingerprint density at radius 3 is 2.40 bits per heavy atom. The van der Waals surface area contributed by atoms with Crippen LogP contribution in [0.3, 0.4) is 0 Å². The smallest absolute Gasteiger partial charge is 0.368 e. The fourth-order valence-electron chi connectivity index (χ4n) is 4.94. The molecule has 5 nitrogen and oxygen atoms in total. The summed E-state index contributed by atoms with van der Waals surface area (Å²) in [4.78, 5) is 21.8. The number of benzene rings is 2. The fraction of sp³-hybridized carbons (Fsp3) is 0.385. The SMILES string of the molecule is O=C(c1nc(-c2cccc(F)c2)n2c1CCCCC2)N1CCN(c2cccc(C(F)(F)F)c2)CC1. The van der Waals surface area contributed by atoms with Gasteiger partial charge in [0.25, 0.3) is 5.91 Å². The van der Waals surface area contributed by atoms with Gasteiger partial charge >= 0.3 is 6.18 Å². The molecule has 2 aromatic carbocycles. The van der Waals surface area contributed by atoms with Crippen molar-refractivity contribution in [1.82, 2.24) is 14.5 Å². The molecular formula is C26H26F4N4O. The lowest BCUT2D eigenvalue weighted by atomic mass is 10.1. The molecule has 3 aromatic rings. The molecule has 0 bridgehead atoms.